The topological polar surface area (TPSA) is 60.9 Å². The van der Waals surface area contributed by atoms with Gasteiger partial charge >= 0.3 is 0 Å². The van der Waals surface area contributed by atoms with Crippen LogP contribution in [0.25, 0.3) is 0 Å². The summed E-state index contributed by atoms with van der Waals surface area (Å²) in [7, 11) is -3.95. The molecule has 0 aromatic heterocycles. The molecule has 0 bridgehead atoms. The Morgan fingerprint density at radius 1 is 1.03 bits per heavy atom. The SMILES string of the molecule is CC1CCc2ccccc2N1CC(=O)N1CCN(S(=O)(=O)c2ccc(F)c(F)c2)CC1. The van der Waals surface area contributed by atoms with Gasteiger partial charge in [-0.1, -0.05) is 18.2 Å². The summed E-state index contributed by atoms with van der Waals surface area (Å²) in [5.74, 6) is -2.35. The Labute approximate surface area is 181 Å². The molecule has 2 aliphatic heterocycles. The van der Waals surface area contributed by atoms with E-state index in [1.165, 1.54) is 9.87 Å². The highest BCUT2D eigenvalue weighted by Crippen LogP contribution is 2.30. The second-order valence-electron chi connectivity index (χ2n) is 8.01. The number of aryl methyl sites for hydroxylation is 1. The molecular weight excluding hydrogens is 424 g/mol. The van der Waals surface area contributed by atoms with E-state index in [4.69, 9.17) is 0 Å². The van der Waals surface area contributed by atoms with Gasteiger partial charge in [0.15, 0.2) is 11.6 Å². The van der Waals surface area contributed by atoms with E-state index >= 15 is 0 Å². The standard InChI is InChI=1S/C22H25F2N3O3S/c1-16-6-7-17-4-2-3-5-21(17)27(16)15-22(28)25-10-12-26(13-11-25)31(29,30)18-8-9-19(23)20(24)14-18/h2-5,8-9,14,16H,6-7,10-13,15H2,1H3. The molecule has 166 valence electrons. The number of hydrogen-bond acceptors (Lipinski definition) is 4. The predicted molar refractivity (Wildman–Crippen MR) is 113 cm³/mol. The summed E-state index contributed by atoms with van der Waals surface area (Å²) < 4.78 is 53.3. The van der Waals surface area contributed by atoms with Gasteiger partial charge in [-0.3, -0.25) is 4.79 Å². The summed E-state index contributed by atoms with van der Waals surface area (Å²) in [4.78, 5) is 16.5. The summed E-state index contributed by atoms with van der Waals surface area (Å²) in [6, 6.07) is 10.9. The zero-order chi connectivity index (χ0) is 22.2. The van der Waals surface area contributed by atoms with Crippen LogP contribution in [0.3, 0.4) is 0 Å². The average Bonchev–Trinajstić information content (AvgIpc) is 2.77. The van der Waals surface area contributed by atoms with E-state index in [2.05, 4.69) is 17.9 Å². The molecule has 2 aliphatic rings. The minimum absolute atomic E-state index is 0.0478. The lowest BCUT2D eigenvalue weighted by atomic mass is 9.96. The van der Waals surface area contributed by atoms with E-state index in [-0.39, 0.29) is 49.6 Å². The molecule has 31 heavy (non-hydrogen) atoms. The van der Waals surface area contributed by atoms with Gasteiger partial charge in [-0.05, 0) is 49.6 Å². The van der Waals surface area contributed by atoms with Crippen LogP contribution in [0.2, 0.25) is 0 Å². The van der Waals surface area contributed by atoms with Gasteiger partial charge in [0.05, 0.1) is 11.4 Å². The van der Waals surface area contributed by atoms with Gasteiger partial charge in [0.1, 0.15) is 0 Å². The minimum atomic E-state index is -3.95. The molecule has 1 amide bonds. The third-order valence-corrected chi connectivity index (χ3v) is 7.98. The maximum Gasteiger partial charge on any atom is 0.243 e. The van der Waals surface area contributed by atoms with Gasteiger partial charge in [0.25, 0.3) is 0 Å². The highest BCUT2D eigenvalue weighted by molar-refractivity contribution is 7.89. The molecule has 9 heteroatoms. The van der Waals surface area contributed by atoms with Gasteiger partial charge in [0.2, 0.25) is 15.9 Å². The zero-order valence-corrected chi connectivity index (χ0v) is 18.1. The molecule has 6 nitrogen and oxygen atoms in total. The molecule has 0 spiro atoms. The third kappa shape index (κ3) is 4.29. The van der Waals surface area contributed by atoms with Crippen LogP contribution in [0.4, 0.5) is 14.5 Å². The molecule has 2 aromatic rings. The van der Waals surface area contributed by atoms with Crippen LogP contribution in [-0.4, -0.2) is 62.3 Å². The molecule has 0 radical (unpaired) electrons. The molecule has 1 atom stereocenters. The van der Waals surface area contributed by atoms with Crippen LogP contribution in [0.15, 0.2) is 47.4 Å². The number of fused-ring (bicyclic) bond motifs is 1. The second-order valence-corrected chi connectivity index (χ2v) is 9.94. The van der Waals surface area contributed by atoms with Gasteiger partial charge in [0, 0.05) is 37.9 Å². The fraction of sp³-hybridized carbons (Fsp3) is 0.409. The van der Waals surface area contributed by atoms with Crippen LogP contribution in [0.1, 0.15) is 18.9 Å². The summed E-state index contributed by atoms with van der Waals surface area (Å²) in [5, 5.41) is 0. The lowest BCUT2D eigenvalue weighted by Crippen LogP contribution is -2.53. The molecule has 0 aliphatic carbocycles. The maximum atomic E-state index is 13.5. The molecule has 0 saturated carbocycles. The monoisotopic (exact) mass is 449 g/mol. The van der Waals surface area contributed by atoms with Crippen LogP contribution >= 0.6 is 0 Å². The number of benzene rings is 2. The van der Waals surface area contributed by atoms with Crippen molar-refractivity contribution in [1.82, 2.24) is 9.21 Å². The Kier molecular flexibility index (Phi) is 5.98. The van der Waals surface area contributed by atoms with Gasteiger partial charge < -0.3 is 9.80 Å². The van der Waals surface area contributed by atoms with Crippen LogP contribution in [0.5, 0.6) is 0 Å². The Bertz CT molecular complexity index is 1090. The quantitative estimate of drug-likeness (QED) is 0.720. The first-order valence-corrected chi connectivity index (χ1v) is 11.8. The van der Waals surface area contributed by atoms with Crippen molar-refractivity contribution >= 4 is 21.6 Å². The number of para-hydroxylation sites is 1. The van der Waals surface area contributed by atoms with Crippen LogP contribution < -0.4 is 4.90 Å². The molecule has 2 aromatic carbocycles. The number of carbonyl (C=O) groups is 1. The number of anilines is 1. The number of carbonyl (C=O) groups excluding carboxylic acids is 1. The van der Waals surface area contributed by atoms with E-state index in [9.17, 15) is 22.0 Å². The first-order valence-electron chi connectivity index (χ1n) is 10.3. The number of hydrogen-bond donors (Lipinski definition) is 0. The van der Waals surface area contributed by atoms with Gasteiger partial charge in [-0.15, -0.1) is 0 Å². The normalized spacial score (nSPS) is 19.9. The maximum absolute atomic E-state index is 13.5. The molecule has 1 saturated heterocycles. The number of piperazine rings is 1. The molecule has 0 N–H and O–H groups in total. The fourth-order valence-electron chi connectivity index (χ4n) is 4.21. The largest absolute Gasteiger partial charge is 0.359 e. The fourth-order valence-corrected chi connectivity index (χ4v) is 5.65. The first kappa shape index (κ1) is 21.7. The smallest absolute Gasteiger partial charge is 0.243 e. The van der Waals surface area contributed by atoms with Gasteiger partial charge in [-0.25, -0.2) is 17.2 Å². The van der Waals surface area contributed by atoms with Crippen molar-refractivity contribution in [3.63, 3.8) is 0 Å². The van der Waals surface area contributed by atoms with Crippen LogP contribution in [0, 0.1) is 11.6 Å². The second kappa shape index (κ2) is 8.55. The van der Waals surface area contributed by atoms with E-state index in [0.29, 0.717) is 6.07 Å². The van der Waals surface area contributed by atoms with E-state index in [0.717, 1.165) is 30.7 Å². The number of amides is 1. The van der Waals surface area contributed by atoms with Crippen molar-refractivity contribution in [3.8, 4) is 0 Å². The van der Waals surface area contributed by atoms with Crippen molar-refractivity contribution in [1.29, 1.82) is 0 Å². The van der Waals surface area contributed by atoms with E-state index in [1.807, 2.05) is 18.2 Å². The van der Waals surface area contributed by atoms with Crippen molar-refractivity contribution < 1.29 is 22.0 Å². The van der Waals surface area contributed by atoms with Gasteiger partial charge in [-0.2, -0.15) is 4.31 Å². The molecule has 1 unspecified atom stereocenters. The Balaban J connectivity index is 1.41. The van der Waals surface area contributed by atoms with E-state index < -0.39 is 21.7 Å². The average molecular weight is 450 g/mol. The Morgan fingerprint density at radius 2 is 1.74 bits per heavy atom. The van der Waals surface area contributed by atoms with Crippen LogP contribution in [-0.2, 0) is 21.2 Å². The molecule has 2 heterocycles. The summed E-state index contributed by atoms with van der Waals surface area (Å²) in [6.07, 6.45) is 1.97. The molecule has 1 fully saturated rings. The summed E-state index contributed by atoms with van der Waals surface area (Å²) in [5.41, 5.74) is 2.31. The molecule has 4 rings (SSSR count). The first-order chi connectivity index (χ1) is 14.8. The Morgan fingerprint density at radius 3 is 2.45 bits per heavy atom. The van der Waals surface area contributed by atoms with Crippen molar-refractivity contribution in [2.75, 3.05) is 37.6 Å². The lowest BCUT2D eigenvalue weighted by molar-refractivity contribution is -0.131. The number of halogens is 2. The van der Waals surface area contributed by atoms with Crippen molar-refractivity contribution in [3.05, 3.63) is 59.7 Å². The van der Waals surface area contributed by atoms with Crippen molar-refractivity contribution in [2.45, 2.75) is 30.7 Å². The zero-order valence-electron chi connectivity index (χ0n) is 17.3. The number of nitrogens with zero attached hydrogens (tertiary/aromatic N) is 3. The minimum Gasteiger partial charge on any atom is -0.359 e. The predicted octanol–water partition coefficient (Wildman–Crippen LogP) is 2.64. The lowest BCUT2D eigenvalue weighted by Gasteiger charge is -2.39. The highest BCUT2D eigenvalue weighted by Gasteiger charge is 2.32. The van der Waals surface area contributed by atoms with E-state index in [1.54, 1.807) is 4.90 Å². The third-order valence-electron chi connectivity index (χ3n) is 6.09. The number of rotatable bonds is 4. The highest BCUT2D eigenvalue weighted by atomic mass is 32.2. The Hall–Kier alpha value is -2.52. The molecular formula is C22H25F2N3O3S. The van der Waals surface area contributed by atoms with Crippen molar-refractivity contribution in [2.24, 2.45) is 0 Å². The number of sulfonamides is 1. The summed E-state index contributed by atoms with van der Waals surface area (Å²) in [6.45, 7) is 3.08. The summed E-state index contributed by atoms with van der Waals surface area (Å²) >= 11 is 0.